The number of benzene rings is 1. The van der Waals surface area contributed by atoms with Gasteiger partial charge in [0, 0.05) is 11.8 Å². The number of rotatable bonds is 8. The fourth-order valence-electron chi connectivity index (χ4n) is 2.96. The summed E-state index contributed by atoms with van der Waals surface area (Å²) in [4.78, 5) is 16.6. The molecule has 3 N–H and O–H groups in total. The van der Waals surface area contributed by atoms with Crippen molar-refractivity contribution in [3.63, 3.8) is 0 Å². The van der Waals surface area contributed by atoms with Gasteiger partial charge in [-0.05, 0) is 31.0 Å². The summed E-state index contributed by atoms with van der Waals surface area (Å²) in [6.45, 7) is 3.28. The summed E-state index contributed by atoms with van der Waals surface area (Å²) in [5, 5.41) is 2.93. The van der Waals surface area contributed by atoms with Gasteiger partial charge in [0.25, 0.3) is 0 Å². The molecule has 1 amide bonds. The van der Waals surface area contributed by atoms with Crippen molar-refractivity contribution in [2.45, 2.75) is 44.8 Å². The van der Waals surface area contributed by atoms with Crippen LogP contribution < -0.4 is 20.9 Å². The van der Waals surface area contributed by atoms with E-state index in [1.54, 1.807) is 6.20 Å². The molecule has 138 valence electrons. The predicted octanol–water partition coefficient (Wildman–Crippen LogP) is 2.48. The molecule has 0 saturated carbocycles. The van der Waals surface area contributed by atoms with Gasteiger partial charge < -0.3 is 10.1 Å². The van der Waals surface area contributed by atoms with E-state index in [-0.39, 0.29) is 18.0 Å². The second-order valence-corrected chi connectivity index (χ2v) is 6.41. The first kappa shape index (κ1) is 18.4. The number of pyridine rings is 1. The highest BCUT2D eigenvalue weighted by Gasteiger charge is 2.31. The van der Waals surface area contributed by atoms with Crippen molar-refractivity contribution in [1.29, 1.82) is 0 Å². The van der Waals surface area contributed by atoms with Gasteiger partial charge in [0.15, 0.2) is 0 Å². The minimum Gasteiger partial charge on any atom is -0.493 e. The van der Waals surface area contributed by atoms with Crippen molar-refractivity contribution in [2.24, 2.45) is 0 Å². The maximum Gasteiger partial charge on any atom is 0.238 e. The van der Waals surface area contributed by atoms with E-state index in [1.165, 1.54) is 0 Å². The molecule has 6 heteroatoms. The van der Waals surface area contributed by atoms with Crippen LogP contribution in [0.15, 0.2) is 48.7 Å². The molecule has 2 aromatic rings. The zero-order valence-corrected chi connectivity index (χ0v) is 15.1. The highest BCUT2D eigenvalue weighted by molar-refractivity contribution is 5.82. The van der Waals surface area contributed by atoms with E-state index in [1.807, 2.05) is 36.4 Å². The van der Waals surface area contributed by atoms with Gasteiger partial charge in [-0.3, -0.25) is 9.78 Å². The van der Waals surface area contributed by atoms with Crippen molar-refractivity contribution >= 4 is 5.91 Å². The normalized spacial score (nSPS) is 19.3. The minimum atomic E-state index is -0.285. The Kier molecular flexibility index (Phi) is 6.57. The monoisotopic (exact) mass is 354 g/mol. The van der Waals surface area contributed by atoms with E-state index in [0.29, 0.717) is 19.6 Å². The molecule has 0 spiro atoms. The van der Waals surface area contributed by atoms with Crippen molar-refractivity contribution in [2.75, 3.05) is 6.61 Å². The number of para-hydroxylation sites is 1. The lowest BCUT2D eigenvalue weighted by Gasteiger charge is -2.16. The Balaban J connectivity index is 1.55. The Hall–Kier alpha value is -2.44. The third-order valence-electron chi connectivity index (χ3n) is 4.44. The highest BCUT2D eigenvalue weighted by Crippen LogP contribution is 2.30. The number of hydrogen-bond donors (Lipinski definition) is 3. The van der Waals surface area contributed by atoms with E-state index in [9.17, 15) is 4.79 Å². The molecule has 1 aromatic heterocycles. The number of nitrogens with zero attached hydrogens (tertiary/aromatic N) is 1. The molecule has 2 unspecified atom stereocenters. The van der Waals surface area contributed by atoms with Crippen molar-refractivity contribution in [3.8, 4) is 5.75 Å². The fourth-order valence-corrected chi connectivity index (χ4v) is 2.96. The SMILES string of the molecule is CCCCOc1ccccc1C1CC(C(=O)NCc2ccccn2)NN1. The smallest absolute Gasteiger partial charge is 0.238 e. The van der Waals surface area contributed by atoms with Crippen LogP contribution in [0.2, 0.25) is 0 Å². The molecular formula is C20H26N4O2. The molecule has 26 heavy (non-hydrogen) atoms. The Bertz CT molecular complexity index is 708. The van der Waals surface area contributed by atoms with Crippen LogP contribution in [-0.4, -0.2) is 23.5 Å². The number of carbonyl (C=O) groups excluding carboxylic acids is 1. The van der Waals surface area contributed by atoms with Gasteiger partial charge in [-0.15, -0.1) is 0 Å². The molecule has 1 aliphatic rings. The van der Waals surface area contributed by atoms with E-state index < -0.39 is 0 Å². The van der Waals surface area contributed by atoms with Crippen LogP contribution in [-0.2, 0) is 11.3 Å². The second-order valence-electron chi connectivity index (χ2n) is 6.41. The Morgan fingerprint density at radius 2 is 2.08 bits per heavy atom. The average Bonchev–Trinajstić information content (AvgIpc) is 3.18. The number of carbonyl (C=O) groups is 1. The summed E-state index contributed by atoms with van der Waals surface area (Å²) in [7, 11) is 0. The first-order chi connectivity index (χ1) is 12.8. The zero-order chi connectivity index (χ0) is 18.2. The van der Waals surface area contributed by atoms with Gasteiger partial charge in [-0.25, -0.2) is 10.9 Å². The number of ether oxygens (including phenoxy) is 1. The lowest BCUT2D eigenvalue weighted by atomic mass is 10.0. The van der Waals surface area contributed by atoms with Crippen LogP contribution in [0.5, 0.6) is 5.75 Å². The first-order valence-electron chi connectivity index (χ1n) is 9.18. The largest absolute Gasteiger partial charge is 0.493 e. The summed E-state index contributed by atoms with van der Waals surface area (Å²) >= 11 is 0. The van der Waals surface area contributed by atoms with Crippen molar-refractivity contribution < 1.29 is 9.53 Å². The third-order valence-corrected chi connectivity index (χ3v) is 4.44. The predicted molar refractivity (Wildman–Crippen MR) is 100 cm³/mol. The van der Waals surface area contributed by atoms with Crippen molar-refractivity contribution in [1.82, 2.24) is 21.2 Å². The molecule has 0 radical (unpaired) electrons. The summed E-state index contributed by atoms with van der Waals surface area (Å²) < 4.78 is 5.91. The molecule has 1 aromatic carbocycles. The number of unbranched alkanes of at least 4 members (excludes halogenated alkanes) is 1. The molecule has 6 nitrogen and oxygen atoms in total. The van der Waals surface area contributed by atoms with Gasteiger partial charge in [-0.1, -0.05) is 37.6 Å². The van der Waals surface area contributed by atoms with Crippen LogP contribution in [0, 0.1) is 0 Å². The quantitative estimate of drug-likeness (QED) is 0.635. The van der Waals surface area contributed by atoms with Gasteiger partial charge in [0.2, 0.25) is 5.91 Å². The maximum atomic E-state index is 12.4. The minimum absolute atomic E-state index is 0.0324. The molecular weight excluding hydrogens is 328 g/mol. The number of amides is 1. The van der Waals surface area contributed by atoms with Gasteiger partial charge in [-0.2, -0.15) is 0 Å². The van der Waals surface area contributed by atoms with E-state index in [4.69, 9.17) is 4.74 Å². The number of nitrogens with one attached hydrogen (secondary N) is 3. The zero-order valence-electron chi connectivity index (χ0n) is 15.1. The standard InChI is InChI=1S/C20H26N4O2/c1-2-3-12-26-19-10-5-4-9-16(19)17-13-18(24-23-17)20(25)22-14-15-8-6-7-11-21-15/h4-11,17-18,23-24H,2-3,12-14H2,1H3,(H,22,25). The van der Waals surface area contributed by atoms with Gasteiger partial charge >= 0.3 is 0 Å². The molecule has 0 bridgehead atoms. The van der Waals surface area contributed by atoms with Crippen LogP contribution in [0.25, 0.3) is 0 Å². The summed E-state index contributed by atoms with van der Waals surface area (Å²) in [5.41, 5.74) is 8.25. The molecule has 3 rings (SSSR count). The van der Waals surface area contributed by atoms with Crippen LogP contribution in [0.1, 0.15) is 43.5 Å². The average molecular weight is 354 g/mol. The summed E-state index contributed by atoms with van der Waals surface area (Å²) in [6, 6.07) is 13.4. The molecule has 2 heterocycles. The first-order valence-corrected chi connectivity index (χ1v) is 9.18. The summed E-state index contributed by atoms with van der Waals surface area (Å²) in [6.07, 6.45) is 4.53. The van der Waals surface area contributed by atoms with Crippen LogP contribution >= 0.6 is 0 Å². The second kappa shape index (κ2) is 9.31. The number of hydrogen-bond acceptors (Lipinski definition) is 5. The van der Waals surface area contributed by atoms with Crippen LogP contribution in [0.4, 0.5) is 0 Å². The number of hydrazine groups is 1. The Morgan fingerprint density at radius 3 is 2.88 bits per heavy atom. The van der Waals surface area contributed by atoms with E-state index >= 15 is 0 Å². The van der Waals surface area contributed by atoms with Crippen molar-refractivity contribution in [3.05, 3.63) is 59.9 Å². The van der Waals surface area contributed by atoms with Gasteiger partial charge in [0.05, 0.1) is 24.9 Å². The summed E-state index contributed by atoms with van der Waals surface area (Å²) in [5.74, 6) is 0.852. The molecule has 1 saturated heterocycles. The third kappa shape index (κ3) is 4.80. The molecule has 1 aliphatic heterocycles. The van der Waals surface area contributed by atoms with E-state index in [0.717, 1.165) is 29.8 Å². The van der Waals surface area contributed by atoms with Crippen LogP contribution in [0.3, 0.4) is 0 Å². The lowest BCUT2D eigenvalue weighted by molar-refractivity contribution is -0.123. The van der Waals surface area contributed by atoms with Gasteiger partial charge in [0.1, 0.15) is 11.8 Å². The topological polar surface area (TPSA) is 75.3 Å². The Morgan fingerprint density at radius 1 is 1.23 bits per heavy atom. The fraction of sp³-hybridized carbons (Fsp3) is 0.400. The Labute approximate surface area is 154 Å². The molecule has 0 aliphatic carbocycles. The highest BCUT2D eigenvalue weighted by atomic mass is 16.5. The molecule has 1 fully saturated rings. The molecule has 2 atom stereocenters. The van der Waals surface area contributed by atoms with E-state index in [2.05, 4.69) is 34.1 Å². The maximum absolute atomic E-state index is 12.4. The number of aromatic nitrogens is 1. The lowest BCUT2D eigenvalue weighted by Crippen LogP contribution is -2.42.